The summed E-state index contributed by atoms with van der Waals surface area (Å²) in [5.41, 5.74) is 4.20. The molecule has 4 rings (SSSR count). The quantitative estimate of drug-likeness (QED) is 0.492. The lowest BCUT2D eigenvalue weighted by molar-refractivity contribution is 0.102. The first kappa shape index (κ1) is 19.3. The van der Waals surface area contributed by atoms with Crippen LogP contribution in [0.4, 0.5) is 11.5 Å². The standard InChI is InChI=1S/C23H21N5O2/c1-15-8-10-18(11-9-15)22(29)27-19-6-3-5-17(13-19)14-25-21-20(7-4-12-24-21)23-26-16(2)28-30-23/h3-13H,14H2,1-2H3,(H,24,25)(H,27,29). The van der Waals surface area contributed by atoms with Crippen LogP contribution in [0.25, 0.3) is 11.5 Å². The number of anilines is 2. The fraction of sp³-hybridized carbons (Fsp3) is 0.130. The summed E-state index contributed by atoms with van der Waals surface area (Å²) in [7, 11) is 0. The molecule has 2 N–H and O–H groups in total. The normalized spacial score (nSPS) is 10.6. The van der Waals surface area contributed by atoms with Gasteiger partial charge in [0.1, 0.15) is 5.82 Å². The molecule has 0 saturated heterocycles. The van der Waals surface area contributed by atoms with E-state index in [9.17, 15) is 4.79 Å². The Morgan fingerprint density at radius 2 is 1.87 bits per heavy atom. The number of rotatable bonds is 6. The molecule has 0 aliphatic rings. The molecule has 2 heterocycles. The molecular weight excluding hydrogens is 378 g/mol. The molecule has 30 heavy (non-hydrogen) atoms. The Morgan fingerprint density at radius 3 is 2.63 bits per heavy atom. The van der Waals surface area contributed by atoms with E-state index in [0.29, 0.717) is 29.6 Å². The second-order valence-electron chi connectivity index (χ2n) is 6.92. The summed E-state index contributed by atoms with van der Waals surface area (Å²) in [6.45, 7) is 4.28. The molecular formula is C23H21N5O2. The average molecular weight is 399 g/mol. The Labute approximate surface area is 174 Å². The monoisotopic (exact) mass is 399 g/mol. The van der Waals surface area contributed by atoms with E-state index in [2.05, 4.69) is 25.8 Å². The van der Waals surface area contributed by atoms with E-state index in [0.717, 1.165) is 22.4 Å². The van der Waals surface area contributed by atoms with Crippen LogP contribution in [-0.2, 0) is 6.54 Å². The molecule has 150 valence electrons. The maximum atomic E-state index is 12.5. The van der Waals surface area contributed by atoms with Gasteiger partial charge in [-0.3, -0.25) is 4.79 Å². The Bertz CT molecular complexity index is 1170. The van der Waals surface area contributed by atoms with E-state index in [1.165, 1.54) is 0 Å². The van der Waals surface area contributed by atoms with Gasteiger partial charge < -0.3 is 15.2 Å². The lowest BCUT2D eigenvalue weighted by Gasteiger charge is -2.10. The van der Waals surface area contributed by atoms with Crippen LogP contribution < -0.4 is 10.6 Å². The van der Waals surface area contributed by atoms with Crippen LogP contribution in [0.2, 0.25) is 0 Å². The molecule has 0 aliphatic heterocycles. The van der Waals surface area contributed by atoms with E-state index in [4.69, 9.17) is 4.52 Å². The van der Waals surface area contributed by atoms with Crippen molar-refractivity contribution in [2.45, 2.75) is 20.4 Å². The van der Waals surface area contributed by atoms with Crippen molar-refractivity contribution in [3.63, 3.8) is 0 Å². The zero-order chi connectivity index (χ0) is 20.9. The maximum absolute atomic E-state index is 12.5. The Morgan fingerprint density at radius 1 is 1.03 bits per heavy atom. The predicted molar refractivity (Wildman–Crippen MR) is 115 cm³/mol. The third kappa shape index (κ3) is 4.52. The van der Waals surface area contributed by atoms with Gasteiger partial charge in [-0.05, 0) is 55.8 Å². The van der Waals surface area contributed by atoms with Gasteiger partial charge in [0, 0.05) is 24.0 Å². The van der Waals surface area contributed by atoms with E-state index in [1.807, 2.05) is 67.6 Å². The van der Waals surface area contributed by atoms with Crippen molar-refractivity contribution in [1.29, 1.82) is 0 Å². The third-order valence-corrected chi connectivity index (χ3v) is 4.52. The molecule has 0 aliphatic carbocycles. The molecule has 0 fully saturated rings. The molecule has 0 atom stereocenters. The molecule has 7 heteroatoms. The number of hydrogen-bond donors (Lipinski definition) is 2. The number of nitrogens with one attached hydrogen (secondary N) is 2. The minimum atomic E-state index is -0.140. The summed E-state index contributed by atoms with van der Waals surface area (Å²) >= 11 is 0. The highest BCUT2D eigenvalue weighted by atomic mass is 16.5. The molecule has 1 amide bonds. The number of carbonyl (C=O) groups excluding carboxylic acids is 1. The van der Waals surface area contributed by atoms with Crippen molar-refractivity contribution >= 4 is 17.4 Å². The van der Waals surface area contributed by atoms with Gasteiger partial charge in [-0.25, -0.2) is 4.98 Å². The lowest BCUT2D eigenvalue weighted by atomic mass is 10.1. The summed E-state index contributed by atoms with van der Waals surface area (Å²) in [5.74, 6) is 1.49. The first-order valence-corrected chi connectivity index (χ1v) is 9.55. The summed E-state index contributed by atoms with van der Waals surface area (Å²) in [5, 5.41) is 10.1. The Balaban J connectivity index is 1.45. The van der Waals surface area contributed by atoms with Crippen LogP contribution in [-0.4, -0.2) is 21.0 Å². The topological polar surface area (TPSA) is 92.9 Å². The van der Waals surface area contributed by atoms with Crippen LogP contribution >= 0.6 is 0 Å². The van der Waals surface area contributed by atoms with Crippen molar-refractivity contribution in [3.8, 4) is 11.5 Å². The summed E-state index contributed by atoms with van der Waals surface area (Å²) in [4.78, 5) is 21.1. The van der Waals surface area contributed by atoms with Gasteiger partial charge >= 0.3 is 0 Å². The molecule has 0 spiro atoms. The Hall–Kier alpha value is -4.00. The van der Waals surface area contributed by atoms with Gasteiger partial charge in [0.2, 0.25) is 0 Å². The summed E-state index contributed by atoms with van der Waals surface area (Å²) in [6.07, 6.45) is 1.70. The van der Waals surface area contributed by atoms with Crippen molar-refractivity contribution in [3.05, 3.63) is 89.4 Å². The Kier molecular flexibility index (Phi) is 5.52. The number of amides is 1. The highest BCUT2D eigenvalue weighted by molar-refractivity contribution is 6.04. The summed E-state index contributed by atoms with van der Waals surface area (Å²) in [6, 6.07) is 18.9. The average Bonchev–Trinajstić information content (AvgIpc) is 3.19. The molecule has 7 nitrogen and oxygen atoms in total. The van der Waals surface area contributed by atoms with Gasteiger partial charge in [-0.1, -0.05) is 35.0 Å². The fourth-order valence-corrected chi connectivity index (χ4v) is 2.98. The van der Waals surface area contributed by atoms with E-state index in [1.54, 1.807) is 13.1 Å². The van der Waals surface area contributed by atoms with Crippen molar-refractivity contribution in [2.24, 2.45) is 0 Å². The van der Waals surface area contributed by atoms with Gasteiger partial charge in [-0.2, -0.15) is 4.98 Å². The number of aromatic nitrogens is 3. The minimum Gasteiger partial charge on any atom is -0.365 e. The smallest absolute Gasteiger partial charge is 0.261 e. The molecule has 0 saturated carbocycles. The first-order chi connectivity index (χ1) is 14.6. The number of benzene rings is 2. The van der Waals surface area contributed by atoms with E-state index >= 15 is 0 Å². The lowest BCUT2D eigenvalue weighted by Crippen LogP contribution is -2.12. The highest BCUT2D eigenvalue weighted by Gasteiger charge is 2.12. The second-order valence-corrected chi connectivity index (χ2v) is 6.92. The number of hydrogen-bond acceptors (Lipinski definition) is 6. The van der Waals surface area contributed by atoms with Crippen molar-refractivity contribution in [1.82, 2.24) is 15.1 Å². The second kappa shape index (κ2) is 8.57. The van der Waals surface area contributed by atoms with Crippen LogP contribution in [0.1, 0.15) is 27.3 Å². The number of pyridine rings is 1. The van der Waals surface area contributed by atoms with Crippen LogP contribution in [0.15, 0.2) is 71.4 Å². The van der Waals surface area contributed by atoms with Crippen molar-refractivity contribution < 1.29 is 9.32 Å². The van der Waals surface area contributed by atoms with E-state index in [-0.39, 0.29) is 5.91 Å². The van der Waals surface area contributed by atoms with Crippen LogP contribution in [0.3, 0.4) is 0 Å². The van der Waals surface area contributed by atoms with Crippen LogP contribution in [0.5, 0.6) is 0 Å². The number of nitrogens with zero attached hydrogens (tertiary/aromatic N) is 3. The summed E-state index contributed by atoms with van der Waals surface area (Å²) < 4.78 is 5.27. The molecule has 2 aromatic carbocycles. The number of aryl methyl sites for hydroxylation is 2. The zero-order valence-corrected chi connectivity index (χ0v) is 16.7. The van der Waals surface area contributed by atoms with Gasteiger partial charge in [0.05, 0.1) is 5.56 Å². The van der Waals surface area contributed by atoms with Gasteiger partial charge in [0.25, 0.3) is 11.8 Å². The number of carbonyl (C=O) groups is 1. The van der Waals surface area contributed by atoms with Crippen LogP contribution in [0, 0.1) is 13.8 Å². The zero-order valence-electron chi connectivity index (χ0n) is 16.7. The molecule has 4 aromatic rings. The first-order valence-electron chi connectivity index (χ1n) is 9.55. The molecule has 0 bridgehead atoms. The largest absolute Gasteiger partial charge is 0.365 e. The highest BCUT2D eigenvalue weighted by Crippen LogP contribution is 2.25. The van der Waals surface area contributed by atoms with Gasteiger partial charge in [-0.15, -0.1) is 0 Å². The maximum Gasteiger partial charge on any atom is 0.261 e. The SMILES string of the molecule is Cc1ccc(C(=O)Nc2cccc(CNc3ncccc3-c3nc(C)no3)c2)cc1. The fourth-order valence-electron chi connectivity index (χ4n) is 2.98. The predicted octanol–water partition coefficient (Wildman–Crippen LogP) is 4.61. The van der Waals surface area contributed by atoms with E-state index < -0.39 is 0 Å². The minimum absolute atomic E-state index is 0.140. The molecule has 0 unspecified atom stereocenters. The van der Waals surface area contributed by atoms with Crippen molar-refractivity contribution in [2.75, 3.05) is 10.6 Å². The third-order valence-electron chi connectivity index (χ3n) is 4.52. The van der Waals surface area contributed by atoms with Gasteiger partial charge in [0.15, 0.2) is 5.82 Å². The molecule has 0 radical (unpaired) electrons. The molecule has 2 aromatic heterocycles.